The number of hydrogen-bond donors (Lipinski definition) is 11. The van der Waals surface area contributed by atoms with E-state index in [1.807, 2.05) is 150 Å². The summed E-state index contributed by atoms with van der Waals surface area (Å²) >= 11 is 12.6. The molecule has 4 unspecified atom stereocenters. The largest absolute Gasteiger partial charge is 0.420 e. The molecular formula is C90H91Cl2F3N18O7. The second-order valence-corrected chi connectivity index (χ2v) is 32.6. The third-order valence-electron chi connectivity index (χ3n) is 23.9. The summed E-state index contributed by atoms with van der Waals surface area (Å²) in [4.78, 5) is 13.4. The first-order valence-electron chi connectivity index (χ1n) is 39.2. The summed E-state index contributed by atoms with van der Waals surface area (Å²) in [6.45, 7) is 20.4. The predicted octanol–water partition coefficient (Wildman–Crippen LogP) is 15.4. The van der Waals surface area contributed by atoms with E-state index in [4.69, 9.17) is 70.8 Å². The molecule has 4 atom stereocenters. The molecule has 30 heteroatoms. The van der Waals surface area contributed by atoms with Gasteiger partial charge in [0.05, 0.1) is 69.1 Å². The minimum absolute atomic E-state index is 0.00890. The second kappa shape index (κ2) is 33.4. The van der Waals surface area contributed by atoms with Crippen LogP contribution in [0.2, 0.25) is 10.0 Å². The number of nitrogens with one attached hydrogen (secondary N) is 4. The fraction of sp³-hybridized carbons (Fsp3) is 0.322. The zero-order chi connectivity index (χ0) is 86.4. The van der Waals surface area contributed by atoms with E-state index in [1.165, 1.54) is 6.07 Å². The highest BCUT2D eigenvalue weighted by molar-refractivity contribution is 6.34. The molecule has 25 nitrogen and oxygen atoms in total. The fourth-order valence-electron chi connectivity index (χ4n) is 18.6. The Morgan fingerprint density at radius 2 is 0.892 bits per heavy atom. The van der Waals surface area contributed by atoms with Gasteiger partial charge < -0.3 is 62.7 Å². The average Bonchev–Trinajstić information content (AvgIpc) is 1.38. The second-order valence-electron chi connectivity index (χ2n) is 31.7. The quantitative estimate of drug-likeness (QED) is 0.0454. The fourth-order valence-corrected chi connectivity index (χ4v) is 19.1. The smallest absolute Gasteiger partial charge is 0.416 e. The number of amides is 1. The topological polar surface area (TPSA) is 438 Å². The van der Waals surface area contributed by atoms with Crippen LogP contribution in [0.4, 0.5) is 18.9 Å². The zero-order valence-corrected chi connectivity index (χ0v) is 69.3. The highest BCUT2D eigenvalue weighted by Gasteiger charge is 2.57. The van der Waals surface area contributed by atoms with E-state index in [0.717, 1.165) is 122 Å². The van der Waals surface area contributed by atoms with Crippen molar-refractivity contribution in [2.75, 3.05) is 18.0 Å². The number of carbonyl (C=O) groups is 1. The molecule has 4 aromatic heterocycles. The van der Waals surface area contributed by atoms with Crippen molar-refractivity contribution in [2.24, 2.45) is 52.3 Å². The van der Waals surface area contributed by atoms with Crippen LogP contribution in [0, 0.1) is 96.7 Å². The highest BCUT2D eigenvalue weighted by Crippen LogP contribution is 2.60. The lowest BCUT2D eigenvalue weighted by atomic mass is 9.55. The van der Waals surface area contributed by atoms with E-state index >= 15 is 0 Å². The van der Waals surface area contributed by atoms with Gasteiger partial charge in [-0.25, -0.2) is 0 Å². The molecule has 1 saturated heterocycles. The van der Waals surface area contributed by atoms with E-state index in [9.17, 15) is 49.2 Å². The lowest BCUT2D eigenvalue weighted by Crippen LogP contribution is -2.45. The lowest BCUT2D eigenvalue weighted by molar-refractivity contribution is -0.137. The lowest BCUT2D eigenvalue weighted by Gasteiger charge is -2.47. The van der Waals surface area contributed by atoms with Crippen LogP contribution in [0.25, 0.3) is 22.3 Å². The number of carbonyl (C=O) groups excluding carboxylic acids is 1. The average molecular weight is 1660 g/mol. The van der Waals surface area contributed by atoms with Crippen molar-refractivity contribution in [2.45, 2.75) is 149 Å². The van der Waals surface area contributed by atoms with E-state index in [1.54, 1.807) is 19.1 Å². The number of aromatic nitrogens is 8. The number of nitrogens with zero attached hydrogens (tertiary/aromatic N) is 9. The maximum atomic E-state index is 13.9. The molecule has 16 N–H and O–H groups in total. The Balaban J connectivity index is 0.000000139. The van der Waals surface area contributed by atoms with Crippen molar-refractivity contribution >= 4 is 34.8 Å². The number of aryl methyl sites for hydroxylation is 4. The molecule has 1 aliphatic carbocycles. The summed E-state index contributed by atoms with van der Waals surface area (Å²) in [7, 11) is 0. The molecule has 6 aliphatic rings. The molecule has 1 saturated carbocycles. The molecule has 1 amide bonds. The number of hydrogen-bond acceptors (Lipinski definition) is 20. The van der Waals surface area contributed by atoms with Crippen molar-refractivity contribution < 1.29 is 47.1 Å². The number of aromatic amines is 4. The maximum absolute atomic E-state index is 13.9. The van der Waals surface area contributed by atoms with Crippen LogP contribution >= 0.6 is 23.2 Å². The van der Waals surface area contributed by atoms with Gasteiger partial charge in [0.1, 0.15) is 46.6 Å². The van der Waals surface area contributed by atoms with Crippen LogP contribution in [0.15, 0.2) is 173 Å². The standard InChI is InChI=1S/C26H27N5O3.C24H24N4O2.C22H24F3N5O.C18H16Cl2N4O/c1-14(2)26(21(12-27)24(29)34-25-23(26)15(3)30-31-25)20-9-17(13-32)8-19(11-20)18-6-4-5-16(7-18)10-22(28)33;1-14(2)24(20(12-25)22(26)30-23-21(24)15(3)27-28-23)19-10-16(13-29)9-18(11-19)17-7-5-4-6-8-17;1-12(2)21(17(11-26)19(27)31-20-18(21)13(3)28-29-20)14-8-15(22(23,24)25)10-16(9-14)30-6-4-5-7-30;1-9-15-17(24-23-9)25-16(22)14(8-21)18(15,10-3-2-4-10)11-5-12(19)7-13(20)6-11/h4-9,11,14,32H,10,13,29H2,1-3H3,(H2,28,33)(H,30,31);4-11,14,29H,13,26H2,1-3H3,(H,27,28);8-10,12H,4-7,27H2,1-3H3,(H,28,29);5-7,10H,2-4,22H2,1H3,(H,23,24). The highest BCUT2D eigenvalue weighted by atomic mass is 35.5. The number of primary amides is 1. The number of alkyl halides is 3. The van der Waals surface area contributed by atoms with Gasteiger partial charge in [-0.05, 0) is 199 Å². The molecular weight excluding hydrogens is 1570 g/mol. The number of allylic oxidation sites excluding steroid dienone is 4. The van der Waals surface area contributed by atoms with Gasteiger partial charge in [0.25, 0.3) is 0 Å². The van der Waals surface area contributed by atoms with Crippen LogP contribution in [-0.2, 0) is 52.3 Å². The number of nitriles is 4. The minimum atomic E-state index is -4.54. The van der Waals surface area contributed by atoms with Crippen molar-refractivity contribution in [3.05, 3.63) is 273 Å². The Morgan fingerprint density at radius 1 is 0.500 bits per heavy atom. The van der Waals surface area contributed by atoms with E-state index in [0.29, 0.717) is 85.6 Å². The number of rotatable bonds is 15. The Hall–Kier alpha value is -13.0. The van der Waals surface area contributed by atoms with Crippen molar-refractivity contribution in [3.8, 4) is 70.1 Å². The first-order chi connectivity index (χ1) is 57.2. The Labute approximate surface area is 701 Å². The van der Waals surface area contributed by atoms with Gasteiger partial charge in [-0.2, -0.15) is 34.2 Å². The van der Waals surface area contributed by atoms with E-state index in [-0.39, 0.29) is 78.3 Å². The molecule has 16 rings (SSSR count). The summed E-state index contributed by atoms with van der Waals surface area (Å²) in [5, 5.41) is 90.2. The number of benzene rings is 6. The molecule has 5 aliphatic heterocycles. The Morgan fingerprint density at radius 3 is 1.28 bits per heavy atom. The van der Waals surface area contributed by atoms with Crippen molar-refractivity contribution in [3.63, 3.8) is 0 Å². The van der Waals surface area contributed by atoms with Gasteiger partial charge in [-0.15, -0.1) is 20.4 Å². The predicted molar refractivity (Wildman–Crippen MR) is 446 cm³/mol. The van der Waals surface area contributed by atoms with Gasteiger partial charge in [0.2, 0.25) is 53.0 Å². The summed E-state index contributed by atoms with van der Waals surface area (Å²) < 4.78 is 64.4. The van der Waals surface area contributed by atoms with Crippen LogP contribution in [0.5, 0.6) is 23.5 Å². The van der Waals surface area contributed by atoms with Crippen LogP contribution in [0.3, 0.4) is 0 Å². The van der Waals surface area contributed by atoms with Gasteiger partial charge in [-0.1, -0.05) is 138 Å². The molecule has 9 heterocycles. The summed E-state index contributed by atoms with van der Waals surface area (Å²) in [6.07, 6.45) is 0.505. The number of aliphatic hydroxyl groups excluding tert-OH is 2. The summed E-state index contributed by atoms with van der Waals surface area (Å²) in [5.41, 5.74) is 41.9. The molecule has 0 spiro atoms. The molecule has 618 valence electrons. The van der Waals surface area contributed by atoms with Gasteiger partial charge in [0.15, 0.2) is 0 Å². The third kappa shape index (κ3) is 14.5. The molecule has 2 fully saturated rings. The monoisotopic (exact) mass is 1660 g/mol. The first kappa shape index (κ1) is 84.9. The van der Waals surface area contributed by atoms with Crippen LogP contribution in [-0.4, -0.2) is 70.0 Å². The molecule has 120 heavy (non-hydrogen) atoms. The Kier molecular flexibility index (Phi) is 23.7. The van der Waals surface area contributed by atoms with Gasteiger partial charge in [-0.3, -0.25) is 25.2 Å². The number of H-pyrrole nitrogens is 4. The SMILES string of the molecule is Cc1[nH]nc2c1C(c1cc(CO)cc(-c3cccc(CC(N)=O)c3)c1)(C(C)C)C(C#N)=C(N)O2.Cc1[nH]nc2c1C(c1cc(CO)cc(-c3ccccc3)c1)(C(C)C)C(C#N)=C(N)O2.Cc1[nH]nc2c1C(c1cc(Cl)cc(Cl)c1)(C1CCC1)C(C#N)=C(N)O2.Cc1[nH]nc2c1C(c1cc(N3CCCC3)cc(C(F)(F)F)c1)(C(C)C)C(C#N)=C(N)O2. The molecule has 0 bridgehead atoms. The molecule has 6 aromatic carbocycles. The summed E-state index contributed by atoms with van der Waals surface area (Å²) in [6, 6.07) is 47.7. The number of nitrogens with two attached hydrogens (primary N) is 5. The normalized spacial score (nSPS) is 19.7. The Bertz CT molecular complexity index is 5980. The van der Waals surface area contributed by atoms with Gasteiger partial charge >= 0.3 is 6.18 Å². The van der Waals surface area contributed by atoms with Crippen LogP contribution in [0.1, 0.15) is 163 Å². The van der Waals surface area contributed by atoms with Crippen LogP contribution < -0.4 is 52.5 Å². The number of fused-ring (bicyclic) bond motifs is 4. The number of halogens is 5. The molecule has 10 aromatic rings. The van der Waals surface area contributed by atoms with Gasteiger partial charge in [0, 0.05) is 51.6 Å². The van der Waals surface area contributed by atoms with Crippen molar-refractivity contribution in [1.29, 1.82) is 21.0 Å². The third-order valence-corrected chi connectivity index (χ3v) is 24.3. The number of anilines is 1. The number of aliphatic hydroxyl groups is 2. The minimum Gasteiger partial charge on any atom is -0.420 e. The zero-order valence-electron chi connectivity index (χ0n) is 67.7. The first-order valence-corrected chi connectivity index (χ1v) is 39.9. The van der Waals surface area contributed by atoms with E-state index in [2.05, 4.69) is 85.0 Å². The molecule has 0 radical (unpaired) electrons. The maximum Gasteiger partial charge on any atom is 0.416 e. The summed E-state index contributed by atoms with van der Waals surface area (Å²) in [5.74, 6) is 0.657. The van der Waals surface area contributed by atoms with E-state index < -0.39 is 39.3 Å². The van der Waals surface area contributed by atoms with Crippen molar-refractivity contribution in [1.82, 2.24) is 40.8 Å². The number of ether oxygens (including phenoxy) is 4.